The van der Waals surface area contributed by atoms with Crippen LogP contribution in [-0.4, -0.2) is 35.0 Å². The minimum Gasteiger partial charge on any atom is -0.480 e. The minimum absolute atomic E-state index is 0.0232. The van der Waals surface area contributed by atoms with Crippen LogP contribution in [0, 0.1) is 11.7 Å². The Hall–Kier alpha value is -3.24. The molecule has 11 heteroatoms. The SMILES string of the molecule is COc1cnc(C(=O)Nc2ccc(F)c([C@]3(C)C[C@@H](C(F)(F)F)CC(N)=N3)c2)cn1. The number of alkyl halides is 3. The summed E-state index contributed by atoms with van der Waals surface area (Å²) in [5.74, 6) is -3.11. The third kappa shape index (κ3) is 4.50. The second-order valence-corrected chi connectivity index (χ2v) is 7.12. The standard InChI is InChI=1S/C19H19F4N5O2/c1-18(7-10(19(21,22)23)5-15(24)28-18)12-6-11(3-4-13(12)20)27-17(29)14-8-26-16(30-2)9-25-14/h3-4,6,8-10H,5,7H2,1-2H3,(H2,24,28)(H,27,29)/t10-,18-/m0/s1. The second-order valence-electron chi connectivity index (χ2n) is 7.12. The molecule has 30 heavy (non-hydrogen) atoms. The highest BCUT2D eigenvalue weighted by Crippen LogP contribution is 2.44. The summed E-state index contributed by atoms with van der Waals surface area (Å²) in [6.07, 6.45) is -2.94. The smallest absolute Gasteiger partial charge is 0.392 e. The molecule has 3 rings (SSSR count). The van der Waals surface area contributed by atoms with Gasteiger partial charge >= 0.3 is 6.18 Å². The Labute approximate surface area is 169 Å². The topological polar surface area (TPSA) is 102 Å². The molecule has 7 nitrogen and oxygen atoms in total. The quantitative estimate of drug-likeness (QED) is 0.731. The predicted octanol–water partition coefficient (Wildman–Crippen LogP) is 3.42. The van der Waals surface area contributed by atoms with E-state index >= 15 is 0 Å². The lowest BCUT2D eigenvalue weighted by atomic mass is 9.79. The van der Waals surface area contributed by atoms with Gasteiger partial charge in [0.15, 0.2) is 0 Å². The summed E-state index contributed by atoms with van der Waals surface area (Å²) in [6.45, 7) is 1.39. The first kappa shape index (κ1) is 21.5. The minimum atomic E-state index is -4.49. The first-order valence-electron chi connectivity index (χ1n) is 8.90. The molecule has 0 saturated heterocycles. The number of aliphatic imine (C=N–C) groups is 1. The van der Waals surface area contributed by atoms with Crippen LogP contribution in [0.25, 0.3) is 0 Å². The molecule has 0 bridgehead atoms. The van der Waals surface area contributed by atoms with Crippen molar-refractivity contribution < 1.29 is 27.1 Å². The van der Waals surface area contributed by atoms with E-state index in [1.165, 1.54) is 38.6 Å². The molecular weight excluding hydrogens is 406 g/mol. The number of rotatable bonds is 4. The van der Waals surface area contributed by atoms with E-state index in [0.717, 1.165) is 6.07 Å². The lowest BCUT2D eigenvalue weighted by Crippen LogP contribution is -2.40. The van der Waals surface area contributed by atoms with Gasteiger partial charge in [-0.25, -0.2) is 14.4 Å². The normalized spacial score (nSPS) is 21.7. The van der Waals surface area contributed by atoms with Crippen LogP contribution in [0.3, 0.4) is 0 Å². The molecule has 1 amide bonds. The van der Waals surface area contributed by atoms with Crippen molar-refractivity contribution in [3.05, 3.63) is 47.7 Å². The number of anilines is 1. The van der Waals surface area contributed by atoms with Crippen LogP contribution in [0.4, 0.5) is 23.2 Å². The van der Waals surface area contributed by atoms with Gasteiger partial charge in [0.05, 0.1) is 36.8 Å². The van der Waals surface area contributed by atoms with E-state index in [2.05, 4.69) is 20.3 Å². The number of carbonyl (C=O) groups excluding carboxylic acids is 1. The summed E-state index contributed by atoms with van der Waals surface area (Å²) in [5.41, 5.74) is 4.14. The first-order chi connectivity index (χ1) is 14.0. The summed E-state index contributed by atoms with van der Waals surface area (Å²) < 4.78 is 59.3. The fourth-order valence-electron chi connectivity index (χ4n) is 3.36. The molecule has 3 N–H and O–H groups in total. The van der Waals surface area contributed by atoms with Crippen molar-refractivity contribution in [2.75, 3.05) is 12.4 Å². The number of amidine groups is 1. The van der Waals surface area contributed by atoms with E-state index in [0.29, 0.717) is 0 Å². The van der Waals surface area contributed by atoms with Crippen LogP contribution >= 0.6 is 0 Å². The molecule has 1 aliphatic heterocycles. The summed E-state index contributed by atoms with van der Waals surface area (Å²) in [4.78, 5) is 24.2. The van der Waals surface area contributed by atoms with Crippen LogP contribution in [0.15, 0.2) is 35.6 Å². The Bertz CT molecular complexity index is 978. The second kappa shape index (κ2) is 7.88. The van der Waals surface area contributed by atoms with Crippen molar-refractivity contribution in [1.82, 2.24) is 9.97 Å². The number of carbonyl (C=O) groups is 1. The van der Waals surface area contributed by atoms with Crippen molar-refractivity contribution in [2.24, 2.45) is 16.6 Å². The van der Waals surface area contributed by atoms with Crippen molar-refractivity contribution in [1.29, 1.82) is 0 Å². The number of benzene rings is 1. The van der Waals surface area contributed by atoms with Crippen molar-refractivity contribution in [3.63, 3.8) is 0 Å². The molecule has 1 aromatic heterocycles. The molecule has 0 unspecified atom stereocenters. The largest absolute Gasteiger partial charge is 0.480 e. The zero-order valence-corrected chi connectivity index (χ0v) is 16.1. The number of amides is 1. The van der Waals surface area contributed by atoms with Gasteiger partial charge in [-0.05, 0) is 31.5 Å². The van der Waals surface area contributed by atoms with Crippen LogP contribution in [-0.2, 0) is 5.54 Å². The van der Waals surface area contributed by atoms with Crippen molar-refractivity contribution in [2.45, 2.75) is 31.5 Å². The Morgan fingerprint density at radius 1 is 1.30 bits per heavy atom. The van der Waals surface area contributed by atoms with Gasteiger partial charge in [0.1, 0.15) is 11.5 Å². The summed E-state index contributed by atoms with van der Waals surface area (Å²) in [6, 6.07) is 3.59. The Morgan fingerprint density at radius 2 is 2.03 bits per heavy atom. The zero-order valence-electron chi connectivity index (χ0n) is 16.1. The molecule has 160 valence electrons. The van der Waals surface area contributed by atoms with Gasteiger partial charge in [0.2, 0.25) is 5.88 Å². The molecule has 0 aliphatic carbocycles. The third-order valence-electron chi connectivity index (χ3n) is 4.83. The number of hydrogen-bond acceptors (Lipinski definition) is 6. The van der Waals surface area contributed by atoms with Crippen LogP contribution in [0.5, 0.6) is 5.88 Å². The Balaban J connectivity index is 1.89. The number of nitrogens with one attached hydrogen (secondary N) is 1. The van der Waals surface area contributed by atoms with Gasteiger partial charge in [-0.2, -0.15) is 13.2 Å². The number of aromatic nitrogens is 2. The highest BCUT2D eigenvalue weighted by Gasteiger charge is 2.47. The lowest BCUT2D eigenvalue weighted by molar-refractivity contribution is -0.179. The van der Waals surface area contributed by atoms with Gasteiger partial charge < -0.3 is 15.8 Å². The van der Waals surface area contributed by atoms with Crippen molar-refractivity contribution in [3.8, 4) is 5.88 Å². The Morgan fingerprint density at radius 3 is 2.63 bits per heavy atom. The number of halogens is 4. The van der Waals surface area contributed by atoms with Gasteiger partial charge in [-0.1, -0.05) is 0 Å². The van der Waals surface area contributed by atoms with Gasteiger partial charge in [0.25, 0.3) is 5.91 Å². The number of nitrogens with two attached hydrogens (primary N) is 1. The molecule has 0 radical (unpaired) electrons. The van der Waals surface area contributed by atoms with Gasteiger partial charge in [-0.15, -0.1) is 0 Å². The maximum atomic E-state index is 14.6. The third-order valence-corrected chi connectivity index (χ3v) is 4.83. The molecular formula is C19H19F4N5O2. The average molecular weight is 425 g/mol. The molecule has 0 spiro atoms. The molecule has 1 aromatic carbocycles. The van der Waals surface area contributed by atoms with Gasteiger partial charge in [0, 0.05) is 17.7 Å². The summed E-state index contributed by atoms with van der Waals surface area (Å²) >= 11 is 0. The number of nitrogens with zero attached hydrogens (tertiary/aromatic N) is 3. The fraction of sp³-hybridized carbons (Fsp3) is 0.368. The number of hydrogen-bond donors (Lipinski definition) is 2. The van der Waals surface area contributed by atoms with Gasteiger partial charge in [-0.3, -0.25) is 9.79 Å². The molecule has 2 heterocycles. The van der Waals surface area contributed by atoms with E-state index in [9.17, 15) is 22.4 Å². The molecule has 1 aliphatic rings. The monoisotopic (exact) mass is 425 g/mol. The van der Waals surface area contributed by atoms with Crippen LogP contribution in [0.1, 0.15) is 35.8 Å². The highest BCUT2D eigenvalue weighted by molar-refractivity contribution is 6.02. The lowest BCUT2D eigenvalue weighted by Gasteiger charge is -2.36. The zero-order chi connectivity index (χ0) is 22.1. The van der Waals surface area contributed by atoms with E-state index < -0.39 is 42.2 Å². The number of methoxy groups -OCH3 is 1. The first-order valence-corrected chi connectivity index (χ1v) is 8.90. The number of ether oxygens (including phenoxy) is 1. The maximum absolute atomic E-state index is 14.6. The van der Waals surface area contributed by atoms with Crippen LogP contribution in [0.2, 0.25) is 0 Å². The predicted molar refractivity (Wildman–Crippen MR) is 101 cm³/mol. The fourth-order valence-corrected chi connectivity index (χ4v) is 3.36. The van der Waals surface area contributed by atoms with E-state index in [1.807, 2.05) is 0 Å². The molecule has 0 fully saturated rings. The average Bonchev–Trinajstić information content (AvgIpc) is 2.68. The summed E-state index contributed by atoms with van der Waals surface area (Å²) in [5, 5.41) is 2.52. The Kier molecular flexibility index (Phi) is 5.64. The molecule has 0 saturated carbocycles. The molecule has 2 aromatic rings. The summed E-state index contributed by atoms with van der Waals surface area (Å²) in [7, 11) is 1.40. The van der Waals surface area contributed by atoms with E-state index in [-0.39, 0.29) is 28.7 Å². The highest BCUT2D eigenvalue weighted by atomic mass is 19.4. The molecule has 2 atom stereocenters. The van der Waals surface area contributed by atoms with E-state index in [1.54, 1.807) is 0 Å². The van der Waals surface area contributed by atoms with Crippen molar-refractivity contribution >= 4 is 17.4 Å². The van der Waals surface area contributed by atoms with E-state index in [4.69, 9.17) is 10.5 Å². The maximum Gasteiger partial charge on any atom is 0.392 e. The van der Waals surface area contributed by atoms with Crippen LogP contribution < -0.4 is 15.8 Å².